The van der Waals surface area contributed by atoms with E-state index in [1.54, 1.807) is 18.2 Å². The normalized spacial score (nSPS) is 15.6. The number of carbonyl (C=O) groups excluding carboxylic acids is 2. The molecule has 40 heavy (non-hydrogen) atoms. The molecule has 0 radical (unpaired) electrons. The van der Waals surface area contributed by atoms with Gasteiger partial charge in [-0.3, -0.25) is 4.90 Å². The van der Waals surface area contributed by atoms with E-state index >= 15 is 0 Å². The Kier molecular flexibility index (Phi) is 9.40. The number of nitrogens with zero attached hydrogens (tertiary/aromatic N) is 1. The quantitative estimate of drug-likeness (QED) is 0.312. The van der Waals surface area contributed by atoms with Crippen LogP contribution < -0.4 is 4.74 Å². The molecule has 0 saturated carbocycles. The first-order valence-corrected chi connectivity index (χ1v) is 13.6. The second-order valence-corrected chi connectivity index (χ2v) is 10.5. The molecule has 1 aliphatic rings. The number of esters is 2. The summed E-state index contributed by atoms with van der Waals surface area (Å²) in [4.78, 5) is 26.7. The average molecular weight is 544 g/mol. The van der Waals surface area contributed by atoms with E-state index in [2.05, 4.69) is 44.7 Å². The highest BCUT2D eigenvalue weighted by atomic mass is 16.8. The van der Waals surface area contributed by atoms with E-state index in [9.17, 15) is 14.7 Å². The van der Waals surface area contributed by atoms with Crippen LogP contribution in [0.5, 0.6) is 5.75 Å². The third-order valence-corrected chi connectivity index (χ3v) is 7.03. The SMILES string of the molecule is CC(C)N(CC[C@H](c1ccccc1)c1cc(C2(O)OC(=O)C=CC(=O)O2)ccc1OCc1ccccc1)C(C)C. The molecule has 1 heterocycles. The monoisotopic (exact) mass is 543 g/mol. The Morgan fingerprint density at radius 2 is 1.40 bits per heavy atom. The number of aliphatic hydroxyl groups is 1. The van der Waals surface area contributed by atoms with E-state index in [1.807, 2.05) is 48.5 Å². The van der Waals surface area contributed by atoms with Gasteiger partial charge in [-0.1, -0.05) is 60.7 Å². The molecule has 1 aliphatic heterocycles. The van der Waals surface area contributed by atoms with Crippen molar-refractivity contribution in [2.45, 2.75) is 64.7 Å². The van der Waals surface area contributed by atoms with Crippen molar-refractivity contribution in [3.63, 3.8) is 0 Å². The molecule has 3 aromatic carbocycles. The summed E-state index contributed by atoms with van der Waals surface area (Å²) >= 11 is 0. The number of hydrogen-bond donors (Lipinski definition) is 1. The average Bonchev–Trinajstić information content (AvgIpc) is 3.07. The Morgan fingerprint density at radius 1 is 0.825 bits per heavy atom. The van der Waals surface area contributed by atoms with Crippen LogP contribution in [0.25, 0.3) is 0 Å². The predicted octanol–water partition coefficient (Wildman–Crippen LogP) is 5.67. The van der Waals surface area contributed by atoms with Crippen LogP contribution >= 0.6 is 0 Å². The molecule has 0 unspecified atom stereocenters. The Bertz CT molecular complexity index is 1290. The molecule has 1 atom stereocenters. The molecule has 0 aromatic heterocycles. The Morgan fingerprint density at radius 3 is 1.98 bits per heavy atom. The van der Waals surface area contributed by atoms with Crippen molar-refractivity contribution in [3.05, 3.63) is 113 Å². The highest BCUT2D eigenvalue weighted by Gasteiger charge is 2.41. The molecule has 0 bridgehead atoms. The third-order valence-electron chi connectivity index (χ3n) is 7.03. The second-order valence-electron chi connectivity index (χ2n) is 10.5. The molecule has 0 spiro atoms. The number of rotatable bonds is 11. The molecule has 7 nitrogen and oxygen atoms in total. The van der Waals surface area contributed by atoms with Crippen LogP contribution in [0.3, 0.4) is 0 Å². The zero-order valence-corrected chi connectivity index (χ0v) is 23.4. The number of hydrogen-bond acceptors (Lipinski definition) is 7. The van der Waals surface area contributed by atoms with Gasteiger partial charge in [-0.05, 0) is 70.0 Å². The Balaban J connectivity index is 1.79. The predicted molar refractivity (Wildman–Crippen MR) is 152 cm³/mol. The summed E-state index contributed by atoms with van der Waals surface area (Å²) in [6.07, 6.45) is 2.61. The lowest BCUT2D eigenvalue weighted by Crippen LogP contribution is -2.38. The maximum absolute atomic E-state index is 12.2. The first-order chi connectivity index (χ1) is 19.2. The topological polar surface area (TPSA) is 85.3 Å². The Hall–Kier alpha value is -3.94. The lowest BCUT2D eigenvalue weighted by molar-refractivity contribution is -0.330. The molecule has 0 aliphatic carbocycles. The summed E-state index contributed by atoms with van der Waals surface area (Å²) in [5.41, 5.74) is 2.98. The first kappa shape index (κ1) is 29.1. The summed E-state index contributed by atoms with van der Waals surface area (Å²) in [7, 11) is 0. The van der Waals surface area contributed by atoms with Gasteiger partial charge in [0.15, 0.2) is 0 Å². The summed E-state index contributed by atoms with van der Waals surface area (Å²) in [5, 5.41) is 11.2. The summed E-state index contributed by atoms with van der Waals surface area (Å²) in [6.45, 7) is 9.90. The number of cyclic esters (lactones) is 2. The van der Waals surface area contributed by atoms with Gasteiger partial charge < -0.3 is 19.3 Å². The smallest absolute Gasteiger partial charge is 0.403 e. The first-order valence-electron chi connectivity index (χ1n) is 13.6. The van der Waals surface area contributed by atoms with Gasteiger partial charge in [0.1, 0.15) is 12.4 Å². The zero-order valence-electron chi connectivity index (χ0n) is 23.4. The van der Waals surface area contributed by atoms with E-state index in [0.29, 0.717) is 24.4 Å². The van der Waals surface area contributed by atoms with Gasteiger partial charge in [0.2, 0.25) is 0 Å². The van der Waals surface area contributed by atoms with Gasteiger partial charge in [-0.15, -0.1) is 0 Å². The lowest BCUT2D eigenvalue weighted by Gasteiger charge is -2.33. The minimum absolute atomic E-state index is 0.116. The van der Waals surface area contributed by atoms with Crippen LogP contribution in [-0.2, 0) is 31.6 Å². The molecule has 210 valence electrons. The molecule has 1 N–H and O–H groups in total. The van der Waals surface area contributed by atoms with Crippen LogP contribution in [-0.4, -0.2) is 40.6 Å². The lowest BCUT2D eigenvalue weighted by atomic mass is 9.86. The molecular formula is C33H37NO6. The molecule has 0 saturated heterocycles. The van der Waals surface area contributed by atoms with Crippen molar-refractivity contribution in [1.82, 2.24) is 4.90 Å². The van der Waals surface area contributed by atoms with Crippen LogP contribution in [0.15, 0.2) is 91.0 Å². The van der Waals surface area contributed by atoms with Crippen LogP contribution in [0.2, 0.25) is 0 Å². The third kappa shape index (κ3) is 7.17. The maximum Gasteiger partial charge on any atom is 0.403 e. The molecule has 3 aromatic rings. The largest absolute Gasteiger partial charge is 0.489 e. The number of ether oxygens (including phenoxy) is 3. The molecular weight excluding hydrogens is 506 g/mol. The number of benzene rings is 3. The van der Waals surface area contributed by atoms with Crippen molar-refractivity contribution in [3.8, 4) is 5.75 Å². The minimum atomic E-state index is -2.58. The van der Waals surface area contributed by atoms with Crippen molar-refractivity contribution in [1.29, 1.82) is 0 Å². The maximum atomic E-state index is 12.2. The Labute approximate surface area is 236 Å². The standard InChI is InChI=1S/C33H37NO6/c1-23(2)34(24(3)4)20-19-28(26-13-9-6-10-14-26)29-21-27(33(37)39-31(35)17-18-32(36)40-33)15-16-30(29)38-22-25-11-7-5-8-12-25/h5-18,21,23-24,28,37H,19-20,22H2,1-4H3/t28-/m1/s1. The fourth-order valence-electron chi connectivity index (χ4n) is 5.08. The van der Waals surface area contributed by atoms with Crippen LogP contribution in [0.4, 0.5) is 0 Å². The van der Waals surface area contributed by atoms with Gasteiger partial charge in [0.05, 0.1) is 5.56 Å². The molecule has 0 amide bonds. The summed E-state index contributed by atoms with van der Waals surface area (Å²) in [6, 6.07) is 25.6. The van der Waals surface area contributed by atoms with Crippen molar-refractivity contribution in [2.75, 3.05) is 6.54 Å². The van der Waals surface area contributed by atoms with E-state index in [1.165, 1.54) is 0 Å². The van der Waals surface area contributed by atoms with Crippen LogP contribution in [0, 0.1) is 0 Å². The fourth-order valence-corrected chi connectivity index (χ4v) is 5.08. The van der Waals surface area contributed by atoms with E-state index < -0.39 is 17.9 Å². The number of carbonyl (C=O) groups is 2. The summed E-state index contributed by atoms with van der Waals surface area (Å²) in [5.74, 6) is -3.86. The van der Waals surface area contributed by atoms with Gasteiger partial charge in [0.25, 0.3) is 0 Å². The summed E-state index contributed by atoms with van der Waals surface area (Å²) < 4.78 is 16.7. The molecule has 4 rings (SSSR count). The van der Waals surface area contributed by atoms with Gasteiger partial charge in [-0.25, -0.2) is 9.59 Å². The fraction of sp³-hybridized carbons (Fsp3) is 0.333. The molecule has 0 fully saturated rings. The van der Waals surface area contributed by atoms with Gasteiger partial charge >= 0.3 is 17.9 Å². The molecule has 7 heteroatoms. The van der Waals surface area contributed by atoms with Crippen molar-refractivity contribution in [2.24, 2.45) is 0 Å². The zero-order chi connectivity index (χ0) is 28.7. The van der Waals surface area contributed by atoms with Gasteiger partial charge in [0, 0.05) is 35.7 Å². The highest BCUT2D eigenvalue weighted by molar-refractivity contribution is 5.93. The minimum Gasteiger partial charge on any atom is -0.489 e. The highest BCUT2D eigenvalue weighted by Crippen LogP contribution is 2.39. The van der Waals surface area contributed by atoms with Crippen molar-refractivity contribution >= 4 is 11.9 Å². The van der Waals surface area contributed by atoms with E-state index in [4.69, 9.17) is 14.2 Å². The second kappa shape index (κ2) is 12.9. The van der Waals surface area contributed by atoms with E-state index in [-0.39, 0.29) is 11.5 Å². The van der Waals surface area contributed by atoms with Crippen molar-refractivity contribution < 1.29 is 28.9 Å². The van der Waals surface area contributed by atoms with Gasteiger partial charge in [-0.2, -0.15) is 0 Å². The van der Waals surface area contributed by atoms with E-state index in [0.717, 1.165) is 41.8 Å². The van der Waals surface area contributed by atoms with Crippen LogP contribution in [0.1, 0.15) is 62.3 Å².